The Balaban J connectivity index is 1.74. The summed E-state index contributed by atoms with van der Waals surface area (Å²) in [5.74, 6) is 1.07. The highest BCUT2D eigenvalue weighted by atomic mass is 16.5. The highest BCUT2D eigenvalue weighted by Crippen LogP contribution is 2.21. The van der Waals surface area contributed by atoms with Gasteiger partial charge < -0.3 is 15.0 Å². The van der Waals surface area contributed by atoms with Crippen molar-refractivity contribution in [2.24, 2.45) is 0 Å². The summed E-state index contributed by atoms with van der Waals surface area (Å²) in [6, 6.07) is 0.362. The Kier molecular flexibility index (Phi) is 5.68. The Morgan fingerprint density at radius 1 is 1.61 bits per heavy atom. The fourth-order valence-electron chi connectivity index (χ4n) is 2.54. The van der Waals surface area contributed by atoms with Gasteiger partial charge in [-0.15, -0.1) is 0 Å². The number of nitrogens with one attached hydrogen (secondary N) is 2. The molecule has 1 aromatic rings. The van der Waals surface area contributed by atoms with Crippen molar-refractivity contribution in [1.82, 2.24) is 15.3 Å². The van der Waals surface area contributed by atoms with Crippen molar-refractivity contribution in [3.63, 3.8) is 0 Å². The molecule has 0 radical (unpaired) electrons. The van der Waals surface area contributed by atoms with E-state index in [1.165, 1.54) is 25.7 Å². The Bertz CT molecular complexity index is 307. The third-order valence-corrected chi connectivity index (χ3v) is 3.53. The zero-order valence-electron chi connectivity index (χ0n) is 11.3. The summed E-state index contributed by atoms with van der Waals surface area (Å²) < 4.78 is 5.66. The van der Waals surface area contributed by atoms with Gasteiger partial charge in [0.1, 0.15) is 5.82 Å². The molecule has 18 heavy (non-hydrogen) atoms. The predicted molar refractivity (Wildman–Crippen MR) is 72.4 cm³/mol. The van der Waals surface area contributed by atoms with Crippen LogP contribution in [0.1, 0.15) is 57.3 Å². The minimum atomic E-state index is 0.362. The minimum absolute atomic E-state index is 0.362. The van der Waals surface area contributed by atoms with E-state index in [1.807, 2.05) is 12.4 Å². The van der Waals surface area contributed by atoms with Gasteiger partial charge in [0, 0.05) is 19.0 Å². The van der Waals surface area contributed by atoms with Crippen LogP contribution in [-0.4, -0.2) is 29.2 Å². The standard InChI is InChI=1S/C14H25N3O/c1-2-8-15-13(14-16-9-10-17-14)7-3-5-12-6-4-11-18-12/h9-10,12-13,15H,2-8,11H2,1H3,(H,16,17). The van der Waals surface area contributed by atoms with Gasteiger partial charge in [0.2, 0.25) is 0 Å². The van der Waals surface area contributed by atoms with E-state index in [1.54, 1.807) is 0 Å². The number of nitrogens with zero attached hydrogens (tertiary/aromatic N) is 1. The lowest BCUT2D eigenvalue weighted by molar-refractivity contribution is 0.101. The molecule has 1 aromatic heterocycles. The fraction of sp³-hybridized carbons (Fsp3) is 0.786. The first kappa shape index (κ1) is 13.6. The van der Waals surface area contributed by atoms with E-state index >= 15 is 0 Å². The third-order valence-electron chi connectivity index (χ3n) is 3.53. The Morgan fingerprint density at radius 2 is 2.56 bits per heavy atom. The average Bonchev–Trinajstić information content (AvgIpc) is 3.05. The van der Waals surface area contributed by atoms with Gasteiger partial charge in [-0.3, -0.25) is 0 Å². The van der Waals surface area contributed by atoms with Crippen LogP contribution < -0.4 is 5.32 Å². The number of imidazole rings is 1. The number of aromatic nitrogens is 2. The summed E-state index contributed by atoms with van der Waals surface area (Å²) in [7, 11) is 0. The Morgan fingerprint density at radius 3 is 3.22 bits per heavy atom. The summed E-state index contributed by atoms with van der Waals surface area (Å²) >= 11 is 0. The molecule has 0 spiro atoms. The van der Waals surface area contributed by atoms with Gasteiger partial charge in [0.15, 0.2) is 0 Å². The van der Waals surface area contributed by atoms with Gasteiger partial charge in [0.05, 0.1) is 12.1 Å². The highest BCUT2D eigenvalue weighted by Gasteiger charge is 2.17. The van der Waals surface area contributed by atoms with Crippen LogP contribution in [0.4, 0.5) is 0 Å². The zero-order valence-corrected chi connectivity index (χ0v) is 11.3. The molecule has 0 saturated carbocycles. The lowest BCUT2D eigenvalue weighted by atomic mass is 10.0. The molecule has 102 valence electrons. The number of rotatable bonds is 8. The van der Waals surface area contributed by atoms with Crippen LogP contribution in [0.5, 0.6) is 0 Å². The average molecular weight is 251 g/mol. The van der Waals surface area contributed by atoms with E-state index in [2.05, 4.69) is 22.2 Å². The first-order valence-corrected chi connectivity index (χ1v) is 7.24. The molecule has 2 atom stereocenters. The highest BCUT2D eigenvalue weighted by molar-refractivity contribution is 4.95. The van der Waals surface area contributed by atoms with Crippen LogP contribution >= 0.6 is 0 Å². The van der Waals surface area contributed by atoms with E-state index in [-0.39, 0.29) is 0 Å². The van der Waals surface area contributed by atoms with Gasteiger partial charge in [-0.05, 0) is 45.1 Å². The molecular weight excluding hydrogens is 226 g/mol. The summed E-state index contributed by atoms with van der Waals surface area (Å²) in [4.78, 5) is 7.59. The van der Waals surface area contributed by atoms with Crippen LogP contribution in [0.15, 0.2) is 12.4 Å². The molecule has 0 bridgehead atoms. The quantitative estimate of drug-likeness (QED) is 0.747. The molecule has 0 aliphatic carbocycles. The van der Waals surface area contributed by atoms with Crippen molar-refractivity contribution >= 4 is 0 Å². The normalized spacial score (nSPS) is 21.3. The number of H-pyrrole nitrogens is 1. The molecule has 2 unspecified atom stereocenters. The van der Waals surface area contributed by atoms with Crippen LogP contribution in [-0.2, 0) is 4.74 Å². The summed E-state index contributed by atoms with van der Waals surface area (Å²) in [5.41, 5.74) is 0. The molecule has 2 heterocycles. The van der Waals surface area contributed by atoms with Gasteiger partial charge in [-0.2, -0.15) is 0 Å². The second-order valence-corrected chi connectivity index (χ2v) is 5.05. The second-order valence-electron chi connectivity index (χ2n) is 5.05. The summed E-state index contributed by atoms with van der Waals surface area (Å²) in [5, 5.41) is 3.56. The van der Waals surface area contributed by atoms with Crippen molar-refractivity contribution < 1.29 is 4.74 Å². The zero-order chi connectivity index (χ0) is 12.6. The van der Waals surface area contributed by atoms with Crippen molar-refractivity contribution in [2.75, 3.05) is 13.2 Å². The van der Waals surface area contributed by atoms with Crippen LogP contribution in [0.3, 0.4) is 0 Å². The monoisotopic (exact) mass is 251 g/mol. The first-order valence-electron chi connectivity index (χ1n) is 7.24. The van der Waals surface area contributed by atoms with Crippen LogP contribution in [0, 0.1) is 0 Å². The predicted octanol–water partition coefficient (Wildman–Crippen LogP) is 2.80. The van der Waals surface area contributed by atoms with E-state index in [0.29, 0.717) is 12.1 Å². The van der Waals surface area contributed by atoms with Gasteiger partial charge in [-0.25, -0.2) is 4.98 Å². The molecule has 4 nitrogen and oxygen atoms in total. The van der Waals surface area contributed by atoms with E-state index in [0.717, 1.165) is 31.8 Å². The second kappa shape index (κ2) is 7.54. The molecule has 0 aromatic carbocycles. The fourth-order valence-corrected chi connectivity index (χ4v) is 2.54. The number of hydrogen-bond acceptors (Lipinski definition) is 3. The third kappa shape index (κ3) is 4.10. The van der Waals surface area contributed by atoms with Gasteiger partial charge in [0.25, 0.3) is 0 Å². The van der Waals surface area contributed by atoms with Crippen molar-refractivity contribution in [1.29, 1.82) is 0 Å². The maximum absolute atomic E-state index is 5.66. The maximum Gasteiger partial charge on any atom is 0.123 e. The van der Waals surface area contributed by atoms with Crippen LogP contribution in [0.25, 0.3) is 0 Å². The molecule has 2 rings (SSSR count). The summed E-state index contributed by atoms with van der Waals surface area (Å²) in [6.45, 7) is 4.20. The Hall–Kier alpha value is -0.870. The molecule has 2 N–H and O–H groups in total. The first-order chi connectivity index (χ1) is 8.90. The van der Waals surface area contributed by atoms with Crippen LogP contribution in [0.2, 0.25) is 0 Å². The SMILES string of the molecule is CCCNC(CCCC1CCCO1)c1ncc[nH]1. The van der Waals surface area contributed by atoms with Crippen molar-refractivity contribution in [3.05, 3.63) is 18.2 Å². The lowest BCUT2D eigenvalue weighted by Crippen LogP contribution is -2.23. The topological polar surface area (TPSA) is 49.9 Å². The number of ether oxygens (including phenoxy) is 1. The maximum atomic E-state index is 5.66. The number of aromatic amines is 1. The van der Waals surface area contributed by atoms with Crippen molar-refractivity contribution in [2.45, 2.75) is 57.6 Å². The molecular formula is C14H25N3O. The van der Waals surface area contributed by atoms with Gasteiger partial charge >= 0.3 is 0 Å². The molecule has 1 saturated heterocycles. The minimum Gasteiger partial charge on any atom is -0.378 e. The van der Waals surface area contributed by atoms with E-state index in [4.69, 9.17) is 4.74 Å². The lowest BCUT2D eigenvalue weighted by Gasteiger charge is -2.17. The van der Waals surface area contributed by atoms with Gasteiger partial charge in [-0.1, -0.05) is 6.92 Å². The molecule has 0 amide bonds. The molecule has 1 fully saturated rings. The smallest absolute Gasteiger partial charge is 0.123 e. The molecule has 1 aliphatic rings. The number of hydrogen-bond donors (Lipinski definition) is 2. The molecule has 1 aliphatic heterocycles. The van der Waals surface area contributed by atoms with E-state index in [9.17, 15) is 0 Å². The summed E-state index contributed by atoms with van der Waals surface area (Å²) in [6.07, 6.45) is 11.4. The Labute approximate surface area is 110 Å². The van der Waals surface area contributed by atoms with E-state index < -0.39 is 0 Å². The molecule has 4 heteroatoms. The van der Waals surface area contributed by atoms with Crippen molar-refractivity contribution in [3.8, 4) is 0 Å². The largest absolute Gasteiger partial charge is 0.378 e.